The highest BCUT2D eigenvalue weighted by atomic mass is 15.3. The third-order valence-corrected chi connectivity index (χ3v) is 4.13. The van der Waals surface area contributed by atoms with E-state index in [1.807, 2.05) is 4.68 Å². The second kappa shape index (κ2) is 6.06. The highest BCUT2D eigenvalue weighted by Crippen LogP contribution is 2.17. The Bertz CT molecular complexity index is 399. The molecule has 0 spiro atoms. The lowest BCUT2D eigenvalue weighted by molar-refractivity contribution is 0.206. The van der Waals surface area contributed by atoms with Crippen LogP contribution in [0.5, 0.6) is 0 Å². The van der Waals surface area contributed by atoms with Crippen LogP contribution in [0.15, 0.2) is 12.3 Å². The van der Waals surface area contributed by atoms with Crippen LogP contribution in [0.4, 0.5) is 0 Å². The van der Waals surface area contributed by atoms with Crippen molar-refractivity contribution in [3.8, 4) is 0 Å². The number of nitrogens with one attached hydrogen (secondary N) is 1. The summed E-state index contributed by atoms with van der Waals surface area (Å²) in [5.41, 5.74) is 1.44. The van der Waals surface area contributed by atoms with E-state index in [0.717, 1.165) is 26.2 Å². The molecule has 1 N–H and O–H groups in total. The molecule has 108 valence electrons. The van der Waals surface area contributed by atoms with E-state index >= 15 is 0 Å². The van der Waals surface area contributed by atoms with Gasteiger partial charge in [0.1, 0.15) is 0 Å². The molecule has 0 amide bonds. The van der Waals surface area contributed by atoms with Gasteiger partial charge in [0.05, 0.1) is 5.69 Å². The molecular formula is C15H28N4. The molecule has 0 radical (unpaired) electrons. The first kappa shape index (κ1) is 14.5. The molecule has 0 saturated carbocycles. The average molecular weight is 264 g/mol. The topological polar surface area (TPSA) is 33.1 Å². The maximum Gasteiger partial charge on any atom is 0.0764 e. The van der Waals surface area contributed by atoms with Gasteiger partial charge in [-0.2, -0.15) is 5.10 Å². The van der Waals surface area contributed by atoms with Gasteiger partial charge >= 0.3 is 0 Å². The molecule has 1 saturated heterocycles. The van der Waals surface area contributed by atoms with E-state index < -0.39 is 0 Å². The molecule has 1 aliphatic heterocycles. The van der Waals surface area contributed by atoms with Crippen LogP contribution < -0.4 is 5.32 Å². The first-order valence-corrected chi connectivity index (χ1v) is 7.54. The molecule has 1 unspecified atom stereocenters. The highest BCUT2D eigenvalue weighted by Gasteiger charge is 2.27. The van der Waals surface area contributed by atoms with Crippen molar-refractivity contribution in [2.75, 3.05) is 19.6 Å². The minimum atomic E-state index is 0.247. The van der Waals surface area contributed by atoms with Crippen LogP contribution in [-0.4, -0.2) is 39.9 Å². The zero-order chi connectivity index (χ0) is 13.9. The van der Waals surface area contributed by atoms with E-state index in [9.17, 15) is 0 Å². The summed E-state index contributed by atoms with van der Waals surface area (Å²) in [5.74, 6) is 0. The molecule has 2 heterocycles. The minimum Gasteiger partial charge on any atom is -0.310 e. The van der Waals surface area contributed by atoms with Crippen LogP contribution in [-0.2, 0) is 6.54 Å². The number of hydrogen-bond donors (Lipinski definition) is 1. The van der Waals surface area contributed by atoms with E-state index in [2.05, 4.69) is 55.3 Å². The molecule has 0 aromatic carbocycles. The van der Waals surface area contributed by atoms with Crippen molar-refractivity contribution in [1.82, 2.24) is 20.0 Å². The molecule has 0 bridgehead atoms. The molecular weight excluding hydrogens is 236 g/mol. The molecule has 4 nitrogen and oxygen atoms in total. The summed E-state index contributed by atoms with van der Waals surface area (Å²) in [6.45, 7) is 13.3. The quantitative estimate of drug-likeness (QED) is 0.906. The SMILES string of the molecule is CCC1(C)CN(Cc2ccn(C(C)C)n2)CCCN1. The molecule has 1 aromatic rings. The fourth-order valence-corrected chi connectivity index (χ4v) is 2.67. The lowest BCUT2D eigenvalue weighted by atomic mass is 9.98. The average Bonchev–Trinajstić information content (AvgIpc) is 2.75. The van der Waals surface area contributed by atoms with Gasteiger partial charge in [-0.05, 0) is 52.8 Å². The van der Waals surface area contributed by atoms with Crippen molar-refractivity contribution in [3.05, 3.63) is 18.0 Å². The zero-order valence-corrected chi connectivity index (χ0v) is 12.8. The van der Waals surface area contributed by atoms with E-state index in [1.54, 1.807) is 0 Å². The van der Waals surface area contributed by atoms with Crippen LogP contribution >= 0.6 is 0 Å². The molecule has 1 atom stereocenters. The minimum absolute atomic E-state index is 0.247. The standard InChI is InChI=1S/C15H28N4/c1-5-15(4)12-18(9-6-8-16-15)11-14-7-10-19(17-14)13(2)3/h7,10,13,16H,5-6,8-9,11-12H2,1-4H3. The normalized spacial score (nSPS) is 25.7. The van der Waals surface area contributed by atoms with Crippen molar-refractivity contribution in [3.63, 3.8) is 0 Å². The Kier molecular flexibility index (Phi) is 4.63. The van der Waals surface area contributed by atoms with Gasteiger partial charge in [-0.15, -0.1) is 0 Å². The molecule has 0 aliphatic carbocycles. The molecule has 2 rings (SSSR count). The van der Waals surface area contributed by atoms with Gasteiger partial charge in [-0.25, -0.2) is 0 Å². The van der Waals surface area contributed by atoms with E-state index in [-0.39, 0.29) is 5.54 Å². The van der Waals surface area contributed by atoms with Gasteiger partial charge in [-0.3, -0.25) is 9.58 Å². The van der Waals surface area contributed by atoms with Crippen molar-refractivity contribution in [2.45, 2.75) is 58.7 Å². The van der Waals surface area contributed by atoms with Gasteiger partial charge in [0, 0.05) is 30.9 Å². The van der Waals surface area contributed by atoms with E-state index in [1.165, 1.54) is 18.5 Å². The van der Waals surface area contributed by atoms with Crippen molar-refractivity contribution in [1.29, 1.82) is 0 Å². The Morgan fingerprint density at radius 2 is 2.26 bits per heavy atom. The number of aromatic nitrogens is 2. The maximum absolute atomic E-state index is 4.66. The number of rotatable bonds is 4. The number of hydrogen-bond acceptors (Lipinski definition) is 3. The van der Waals surface area contributed by atoms with E-state index in [4.69, 9.17) is 0 Å². The van der Waals surface area contributed by atoms with Gasteiger partial charge < -0.3 is 5.32 Å². The maximum atomic E-state index is 4.66. The summed E-state index contributed by atoms with van der Waals surface area (Å²) in [4.78, 5) is 2.54. The summed E-state index contributed by atoms with van der Waals surface area (Å²) < 4.78 is 2.05. The van der Waals surface area contributed by atoms with Crippen molar-refractivity contribution in [2.24, 2.45) is 0 Å². The third-order valence-electron chi connectivity index (χ3n) is 4.13. The lowest BCUT2D eigenvalue weighted by Gasteiger charge is -2.32. The smallest absolute Gasteiger partial charge is 0.0764 e. The third kappa shape index (κ3) is 3.80. The Hall–Kier alpha value is -0.870. The van der Waals surface area contributed by atoms with Gasteiger partial charge in [0.2, 0.25) is 0 Å². The van der Waals surface area contributed by atoms with Crippen LogP contribution in [0.1, 0.15) is 52.3 Å². The zero-order valence-electron chi connectivity index (χ0n) is 12.8. The first-order valence-electron chi connectivity index (χ1n) is 7.54. The lowest BCUT2D eigenvalue weighted by Crippen LogP contribution is -2.48. The molecule has 19 heavy (non-hydrogen) atoms. The second-order valence-electron chi connectivity index (χ2n) is 6.29. The van der Waals surface area contributed by atoms with Gasteiger partial charge in [0.25, 0.3) is 0 Å². The monoisotopic (exact) mass is 264 g/mol. The first-order chi connectivity index (χ1) is 9.02. The molecule has 4 heteroatoms. The Labute approximate surface area is 117 Å². The fourth-order valence-electron chi connectivity index (χ4n) is 2.67. The summed E-state index contributed by atoms with van der Waals surface area (Å²) in [6.07, 6.45) is 4.49. The number of nitrogens with zero attached hydrogens (tertiary/aromatic N) is 3. The predicted molar refractivity (Wildman–Crippen MR) is 79.2 cm³/mol. The Balaban J connectivity index is 2.00. The van der Waals surface area contributed by atoms with Crippen molar-refractivity contribution >= 4 is 0 Å². The van der Waals surface area contributed by atoms with Crippen LogP contribution in [0, 0.1) is 0 Å². The Morgan fingerprint density at radius 3 is 2.89 bits per heavy atom. The summed E-state index contributed by atoms with van der Waals surface area (Å²) in [6, 6.07) is 2.60. The van der Waals surface area contributed by atoms with Gasteiger partial charge in [-0.1, -0.05) is 6.92 Å². The van der Waals surface area contributed by atoms with Crippen LogP contribution in [0.3, 0.4) is 0 Å². The highest BCUT2D eigenvalue weighted by molar-refractivity contribution is 5.00. The summed E-state index contributed by atoms with van der Waals surface area (Å²) >= 11 is 0. The van der Waals surface area contributed by atoms with Crippen LogP contribution in [0.2, 0.25) is 0 Å². The second-order valence-corrected chi connectivity index (χ2v) is 6.29. The van der Waals surface area contributed by atoms with Gasteiger partial charge in [0.15, 0.2) is 0 Å². The molecule has 1 aliphatic rings. The Morgan fingerprint density at radius 1 is 1.47 bits per heavy atom. The molecule has 1 aromatic heterocycles. The fraction of sp³-hybridized carbons (Fsp3) is 0.800. The summed E-state index contributed by atoms with van der Waals surface area (Å²) in [7, 11) is 0. The van der Waals surface area contributed by atoms with E-state index in [0.29, 0.717) is 6.04 Å². The van der Waals surface area contributed by atoms with Crippen molar-refractivity contribution < 1.29 is 0 Å². The van der Waals surface area contributed by atoms with Crippen LogP contribution in [0.25, 0.3) is 0 Å². The molecule has 1 fully saturated rings. The predicted octanol–water partition coefficient (Wildman–Crippen LogP) is 2.43. The largest absolute Gasteiger partial charge is 0.310 e. The summed E-state index contributed by atoms with van der Waals surface area (Å²) in [5, 5.41) is 8.34.